The van der Waals surface area contributed by atoms with E-state index in [0.29, 0.717) is 32.2 Å². The van der Waals surface area contributed by atoms with Crippen molar-refractivity contribution < 1.29 is 14.3 Å². The van der Waals surface area contributed by atoms with Crippen molar-refractivity contribution in [3.05, 3.63) is 30.1 Å². The monoisotopic (exact) mass is 389 g/mol. The third-order valence-corrected chi connectivity index (χ3v) is 5.37. The molecule has 1 aromatic heterocycles. The molecule has 3 atom stereocenters. The number of pyridine rings is 1. The summed E-state index contributed by atoms with van der Waals surface area (Å²) in [4.78, 5) is 34.3. The summed E-state index contributed by atoms with van der Waals surface area (Å²) >= 11 is 0. The van der Waals surface area contributed by atoms with Gasteiger partial charge in [0, 0.05) is 58.2 Å². The van der Waals surface area contributed by atoms with E-state index in [1.54, 1.807) is 31.4 Å². The summed E-state index contributed by atoms with van der Waals surface area (Å²) in [5.41, 5.74) is 1.14. The molecule has 0 saturated carbocycles. The first-order chi connectivity index (χ1) is 13.4. The van der Waals surface area contributed by atoms with Crippen LogP contribution < -0.4 is 5.32 Å². The molecule has 8 heteroatoms. The molecule has 0 aliphatic carbocycles. The summed E-state index contributed by atoms with van der Waals surface area (Å²) < 4.78 is 5.88. The molecule has 0 radical (unpaired) electrons. The summed E-state index contributed by atoms with van der Waals surface area (Å²) in [5, 5.41) is 3.16. The van der Waals surface area contributed by atoms with E-state index in [1.165, 1.54) is 0 Å². The molecule has 0 spiro atoms. The predicted octanol–water partition coefficient (Wildman–Crippen LogP) is -0.0504. The van der Waals surface area contributed by atoms with E-state index in [-0.39, 0.29) is 24.0 Å². The number of nitrogens with zero attached hydrogens (tertiary/aromatic N) is 4. The van der Waals surface area contributed by atoms with Crippen molar-refractivity contribution >= 4 is 11.8 Å². The number of hydrogen-bond donors (Lipinski definition) is 1. The fourth-order valence-corrected chi connectivity index (χ4v) is 3.92. The Labute approximate surface area is 166 Å². The zero-order chi connectivity index (χ0) is 20.1. The Morgan fingerprint density at radius 1 is 1.25 bits per heavy atom. The van der Waals surface area contributed by atoms with Crippen LogP contribution in [0.4, 0.5) is 0 Å². The Balaban J connectivity index is 1.41. The zero-order valence-corrected chi connectivity index (χ0v) is 17.0. The minimum atomic E-state index is -0.0629. The third-order valence-electron chi connectivity index (χ3n) is 5.37. The van der Waals surface area contributed by atoms with E-state index in [4.69, 9.17) is 4.74 Å². The number of carbonyl (C=O) groups is 2. The van der Waals surface area contributed by atoms with E-state index in [9.17, 15) is 9.59 Å². The summed E-state index contributed by atoms with van der Waals surface area (Å²) in [7, 11) is 5.47. The summed E-state index contributed by atoms with van der Waals surface area (Å²) in [5.74, 6) is 0.131. The van der Waals surface area contributed by atoms with Gasteiger partial charge in [0.05, 0.1) is 25.7 Å². The lowest BCUT2D eigenvalue weighted by molar-refractivity contribution is -0.134. The molecule has 2 aliphatic rings. The van der Waals surface area contributed by atoms with Crippen LogP contribution in [0.2, 0.25) is 0 Å². The molecular weight excluding hydrogens is 358 g/mol. The van der Waals surface area contributed by atoms with E-state index < -0.39 is 0 Å². The van der Waals surface area contributed by atoms with Gasteiger partial charge in [-0.3, -0.25) is 24.4 Å². The van der Waals surface area contributed by atoms with Gasteiger partial charge in [0.15, 0.2) is 0 Å². The summed E-state index contributed by atoms with van der Waals surface area (Å²) in [6, 6.07) is 4.38. The Bertz CT molecular complexity index is 669. The van der Waals surface area contributed by atoms with E-state index >= 15 is 0 Å². The quantitative estimate of drug-likeness (QED) is 0.705. The molecular formula is C20H31N5O3. The van der Waals surface area contributed by atoms with Crippen LogP contribution in [-0.2, 0) is 20.9 Å². The number of morpholine rings is 1. The van der Waals surface area contributed by atoms with Gasteiger partial charge in [0.2, 0.25) is 11.8 Å². The van der Waals surface area contributed by atoms with Crippen LogP contribution in [0.5, 0.6) is 0 Å². The Morgan fingerprint density at radius 3 is 2.71 bits per heavy atom. The first-order valence-electron chi connectivity index (χ1n) is 9.83. The van der Waals surface area contributed by atoms with Crippen molar-refractivity contribution in [1.29, 1.82) is 0 Å². The van der Waals surface area contributed by atoms with Crippen molar-refractivity contribution in [3.63, 3.8) is 0 Å². The average Bonchev–Trinajstić information content (AvgIpc) is 3.03. The molecule has 1 N–H and O–H groups in total. The number of aromatic nitrogens is 1. The highest BCUT2D eigenvalue weighted by Crippen LogP contribution is 2.24. The van der Waals surface area contributed by atoms with Gasteiger partial charge in [-0.15, -0.1) is 0 Å². The van der Waals surface area contributed by atoms with Gasteiger partial charge in [-0.05, 0) is 31.2 Å². The van der Waals surface area contributed by atoms with Crippen LogP contribution >= 0.6 is 0 Å². The molecule has 3 heterocycles. The van der Waals surface area contributed by atoms with Crippen molar-refractivity contribution in [2.75, 3.05) is 47.4 Å². The molecule has 154 valence electrons. The molecule has 0 unspecified atom stereocenters. The minimum Gasteiger partial charge on any atom is -0.375 e. The number of nitrogens with one attached hydrogen (secondary N) is 1. The summed E-state index contributed by atoms with van der Waals surface area (Å²) in [6.45, 7) is 3.27. The third kappa shape index (κ3) is 5.73. The Hall–Kier alpha value is -2.03. The fraction of sp³-hybridized carbons (Fsp3) is 0.650. The van der Waals surface area contributed by atoms with Gasteiger partial charge >= 0.3 is 0 Å². The zero-order valence-electron chi connectivity index (χ0n) is 17.0. The largest absolute Gasteiger partial charge is 0.375 e. The van der Waals surface area contributed by atoms with E-state index in [2.05, 4.69) is 15.2 Å². The SMILES string of the molecule is CN(CC(=O)N[C@H]1C[C@H]2CO[C@@H](CC(=O)N(C)C)CN2C1)Cc1ccncc1. The van der Waals surface area contributed by atoms with Gasteiger partial charge < -0.3 is 15.0 Å². The lowest BCUT2D eigenvalue weighted by Crippen LogP contribution is -2.48. The number of rotatable bonds is 7. The molecule has 2 saturated heterocycles. The second kappa shape index (κ2) is 9.45. The number of fused-ring (bicyclic) bond motifs is 1. The van der Waals surface area contributed by atoms with Gasteiger partial charge in [-0.25, -0.2) is 0 Å². The van der Waals surface area contributed by atoms with Crippen LogP contribution in [0, 0.1) is 0 Å². The van der Waals surface area contributed by atoms with Crippen LogP contribution in [0.1, 0.15) is 18.4 Å². The minimum absolute atomic E-state index is 0.0432. The topological polar surface area (TPSA) is 78.0 Å². The van der Waals surface area contributed by atoms with Crippen LogP contribution in [0.25, 0.3) is 0 Å². The van der Waals surface area contributed by atoms with Crippen molar-refractivity contribution in [1.82, 2.24) is 25.0 Å². The van der Waals surface area contributed by atoms with Crippen molar-refractivity contribution in [2.24, 2.45) is 0 Å². The molecule has 2 aliphatic heterocycles. The van der Waals surface area contributed by atoms with E-state index in [1.807, 2.05) is 24.1 Å². The molecule has 8 nitrogen and oxygen atoms in total. The summed E-state index contributed by atoms with van der Waals surface area (Å²) in [6.07, 6.45) is 4.77. The normalized spacial score (nSPS) is 24.8. The van der Waals surface area contributed by atoms with Crippen LogP contribution in [0.3, 0.4) is 0 Å². The molecule has 1 aromatic rings. The number of hydrogen-bond acceptors (Lipinski definition) is 6. The smallest absolute Gasteiger partial charge is 0.234 e. The van der Waals surface area contributed by atoms with E-state index in [0.717, 1.165) is 25.1 Å². The fourth-order valence-electron chi connectivity index (χ4n) is 3.92. The lowest BCUT2D eigenvalue weighted by Gasteiger charge is -2.35. The van der Waals surface area contributed by atoms with Gasteiger partial charge in [0.25, 0.3) is 0 Å². The Kier molecular flexibility index (Phi) is 6.98. The number of ether oxygens (including phenoxy) is 1. The highest BCUT2D eigenvalue weighted by molar-refractivity contribution is 5.78. The van der Waals surface area contributed by atoms with Crippen LogP contribution in [0.15, 0.2) is 24.5 Å². The highest BCUT2D eigenvalue weighted by Gasteiger charge is 2.38. The van der Waals surface area contributed by atoms with Gasteiger partial charge in [0.1, 0.15) is 0 Å². The maximum atomic E-state index is 12.4. The highest BCUT2D eigenvalue weighted by atomic mass is 16.5. The number of likely N-dealkylation sites (N-methyl/N-ethyl adjacent to an activating group) is 1. The molecule has 3 rings (SSSR count). The second-order valence-corrected chi connectivity index (χ2v) is 8.08. The number of carbonyl (C=O) groups excluding carboxylic acids is 2. The van der Waals surface area contributed by atoms with Crippen molar-refractivity contribution in [2.45, 2.75) is 37.6 Å². The number of amides is 2. The molecule has 0 aromatic carbocycles. The Morgan fingerprint density at radius 2 is 2.00 bits per heavy atom. The van der Waals surface area contributed by atoms with Crippen molar-refractivity contribution in [3.8, 4) is 0 Å². The first-order valence-corrected chi connectivity index (χ1v) is 9.83. The van der Waals surface area contributed by atoms with Gasteiger partial charge in [-0.2, -0.15) is 0 Å². The maximum Gasteiger partial charge on any atom is 0.234 e. The molecule has 0 bridgehead atoms. The van der Waals surface area contributed by atoms with Crippen LogP contribution in [-0.4, -0.2) is 97.1 Å². The molecule has 2 fully saturated rings. The average molecular weight is 390 g/mol. The first kappa shape index (κ1) is 20.7. The van der Waals surface area contributed by atoms with Gasteiger partial charge in [-0.1, -0.05) is 0 Å². The second-order valence-electron chi connectivity index (χ2n) is 8.08. The molecule has 28 heavy (non-hydrogen) atoms. The predicted molar refractivity (Wildman–Crippen MR) is 106 cm³/mol. The standard InChI is InChI=1S/C20H31N5O3/c1-23(2)20(27)9-18-12-25-11-16(8-17(25)14-28-18)22-19(26)13-24(3)10-15-4-6-21-7-5-15/h4-7,16-18H,8-14H2,1-3H3,(H,22,26)/t16-,17-,18-/m0/s1. The molecule has 2 amide bonds. The lowest BCUT2D eigenvalue weighted by atomic mass is 10.1. The maximum absolute atomic E-state index is 12.4.